The molecule has 1 unspecified atom stereocenters. The van der Waals surface area contributed by atoms with Crippen LogP contribution in [-0.2, 0) is 0 Å². The van der Waals surface area contributed by atoms with E-state index in [0.29, 0.717) is 11.3 Å². The number of halogens is 1. The second kappa shape index (κ2) is 5.89. The van der Waals surface area contributed by atoms with Crippen molar-refractivity contribution in [2.75, 3.05) is 0 Å². The molecule has 0 saturated heterocycles. The smallest absolute Gasteiger partial charge is 0.262 e. The van der Waals surface area contributed by atoms with Crippen LogP contribution in [0.25, 0.3) is 0 Å². The van der Waals surface area contributed by atoms with Gasteiger partial charge in [0.15, 0.2) is 0 Å². The Bertz CT molecular complexity index is 383. The van der Waals surface area contributed by atoms with E-state index in [0.717, 1.165) is 10.2 Å². The van der Waals surface area contributed by atoms with Gasteiger partial charge in [-0.15, -0.1) is 11.3 Å². The number of thiophene rings is 1. The molecular formula is C10H11BrN2OS. The van der Waals surface area contributed by atoms with E-state index in [4.69, 9.17) is 5.26 Å². The van der Waals surface area contributed by atoms with Crippen molar-refractivity contribution < 1.29 is 4.79 Å². The van der Waals surface area contributed by atoms with E-state index < -0.39 is 0 Å². The minimum atomic E-state index is -0.386. The Kier molecular flexibility index (Phi) is 4.79. The second-order valence-electron chi connectivity index (χ2n) is 3.05. The summed E-state index contributed by atoms with van der Waals surface area (Å²) in [6.45, 7) is 1.98. The molecule has 1 N–H and O–H groups in total. The summed E-state index contributed by atoms with van der Waals surface area (Å²) in [7, 11) is 0. The lowest BCUT2D eigenvalue weighted by Gasteiger charge is -2.08. The van der Waals surface area contributed by atoms with Gasteiger partial charge in [0.2, 0.25) is 0 Å². The zero-order valence-corrected chi connectivity index (χ0v) is 10.7. The first-order chi connectivity index (χ1) is 7.17. The molecule has 1 aromatic rings. The lowest BCUT2D eigenvalue weighted by Crippen LogP contribution is -2.33. The third-order valence-corrected chi connectivity index (χ3v) is 3.46. The van der Waals surface area contributed by atoms with Crippen LogP contribution in [0.2, 0.25) is 0 Å². The highest BCUT2D eigenvalue weighted by Gasteiger charge is 2.13. The Morgan fingerprint density at radius 2 is 2.47 bits per heavy atom. The predicted octanol–water partition coefficient (Wildman–Crippen LogP) is 2.93. The number of amides is 1. The first-order valence-electron chi connectivity index (χ1n) is 4.63. The number of rotatable bonds is 4. The fourth-order valence-electron chi connectivity index (χ4n) is 1.12. The van der Waals surface area contributed by atoms with Crippen LogP contribution in [0.4, 0.5) is 0 Å². The summed E-state index contributed by atoms with van der Waals surface area (Å²) in [6.07, 6.45) is 1.57. The van der Waals surface area contributed by atoms with Gasteiger partial charge in [-0.05, 0) is 34.5 Å². The number of carbonyl (C=O) groups is 1. The zero-order chi connectivity index (χ0) is 11.3. The molecule has 5 heteroatoms. The summed E-state index contributed by atoms with van der Waals surface area (Å²) in [5.74, 6) is -0.175. The summed E-state index contributed by atoms with van der Waals surface area (Å²) in [5.41, 5.74) is 0. The Hall–Kier alpha value is -0.860. The summed E-state index contributed by atoms with van der Waals surface area (Å²) in [5, 5.41) is 11.5. The van der Waals surface area contributed by atoms with Gasteiger partial charge in [0.25, 0.3) is 5.91 Å². The highest BCUT2D eigenvalue weighted by Crippen LogP contribution is 2.21. The van der Waals surface area contributed by atoms with Gasteiger partial charge in [0, 0.05) is 0 Å². The number of nitrogens with zero attached hydrogens (tertiary/aromatic N) is 1. The van der Waals surface area contributed by atoms with Crippen LogP contribution in [0, 0.1) is 11.3 Å². The van der Waals surface area contributed by atoms with E-state index in [-0.39, 0.29) is 11.9 Å². The van der Waals surface area contributed by atoms with Gasteiger partial charge in [-0.3, -0.25) is 4.79 Å². The number of nitrogens with one attached hydrogen (secondary N) is 1. The third kappa shape index (κ3) is 3.65. The SMILES string of the molecule is CCCC(C#N)NC(=O)c1ccc(Br)s1. The predicted molar refractivity (Wildman–Crippen MR) is 63.8 cm³/mol. The van der Waals surface area contributed by atoms with Crippen LogP contribution < -0.4 is 5.32 Å². The van der Waals surface area contributed by atoms with Crippen LogP contribution in [-0.4, -0.2) is 11.9 Å². The Labute approximate surface area is 101 Å². The van der Waals surface area contributed by atoms with E-state index in [1.807, 2.05) is 13.0 Å². The Morgan fingerprint density at radius 1 is 1.73 bits per heavy atom. The van der Waals surface area contributed by atoms with Crippen molar-refractivity contribution in [2.24, 2.45) is 0 Å². The Morgan fingerprint density at radius 3 is 2.93 bits per heavy atom. The molecule has 0 bridgehead atoms. The van der Waals surface area contributed by atoms with E-state index in [2.05, 4.69) is 27.3 Å². The third-order valence-electron chi connectivity index (χ3n) is 1.84. The maximum atomic E-state index is 11.6. The van der Waals surface area contributed by atoms with Crippen molar-refractivity contribution in [1.82, 2.24) is 5.32 Å². The van der Waals surface area contributed by atoms with Gasteiger partial charge in [-0.2, -0.15) is 5.26 Å². The first kappa shape index (κ1) is 12.2. The van der Waals surface area contributed by atoms with Crippen molar-refractivity contribution in [3.63, 3.8) is 0 Å². The Balaban J connectivity index is 2.59. The molecule has 0 aliphatic heterocycles. The maximum absolute atomic E-state index is 11.6. The van der Waals surface area contributed by atoms with Crippen LogP contribution in [0.1, 0.15) is 29.4 Å². The standard InChI is InChI=1S/C10H11BrN2OS/c1-2-3-7(6-12)13-10(14)8-4-5-9(11)15-8/h4-5,7H,2-3H2,1H3,(H,13,14). The normalized spacial score (nSPS) is 11.8. The average molecular weight is 287 g/mol. The van der Waals surface area contributed by atoms with Gasteiger partial charge in [0.1, 0.15) is 6.04 Å². The molecule has 0 saturated carbocycles. The van der Waals surface area contributed by atoms with Crippen LogP contribution in [0.5, 0.6) is 0 Å². The molecule has 0 aliphatic rings. The molecule has 1 heterocycles. The van der Waals surface area contributed by atoms with Crippen LogP contribution in [0.15, 0.2) is 15.9 Å². The van der Waals surface area contributed by atoms with Gasteiger partial charge >= 0.3 is 0 Å². The molecule has 0 aromatic carbocycles. The molecule has 3 nitrogen and oxygen atoms in total. The number of hydrogen-bond acceptors (Lipinski definition) is 3. The summed E-state index contributed by atoms with van der Waals surface area (Å²) in [4.78, 5) is 12.3. The van der Waals surface area contributed by atoms with Gasteiger partial charge in [-0.25, -0.2) is 0 Å². The summed E-state index contributed by atoms with van der Waals surface area (Å²) < 4.78 is 0.914. The molecule has 0 spiro atoms. The zero-order valence-electron chi connectivity index (χ0n) is 8.29. The average Bonchev–Trinajstić information content (AvgIpc) is 2.64. The monoisotopic (exact) mass is 286 g/mol. The molecule has 0 fully saturated rings. The quantitative estimate of drug-likeness (QED) is 0.925. The molecule has 1 aromatic heterocycles. The molecule has 0 aliphatic carbocycles. The highest BCUT2D eigenvalue weighted by molar-refractivity contribution is 9.11. The fraction of sp³-hybridized carbons (Fsp3) is 0.400. The van der Waals surface area contributed by atoms with Crippen LogP contribution in [0.3, 0.4) is 0 Å². The van der Waals surface area contributed by atoms with Crippen molar-refractivity contribution >= 4 is 33.2 Å². The van der Waals surface area contributed by atoms with Gasteiger partial charge in [0.05, 0.1) is 14.7 Å². The molecule has 1 atom stereocenters. The first-order valence-corrected chi connectivity index (χ1v) is 6.24. The second-order valence-corrected chi connectivity index (χ2v) is 5.51. The summed E-state index contributed by atoms with van der Waals surface area (Å²) >= 11 is 4.65. The molecular weight excluding hydrogens is 276 g/mol. The highest BCUT2D eigenvalue weighted by atomic mass is 79.9. The number of carbonyl (C=O) groups excluding carboxylic acids is 1. The topological polar surface area (TPSA) is 52.9 Å². The molecule has 1 rings (SSSR count). The van der Waals surface area contributed by atoms with E-state index >= 15 is 0 Å². The van der Waals surface area contributed by atoms with Crippen molar-refractivity contribution in [3.8, 4) is 6.07 Å². The van der Waals surface area contributed by atoms with E-state index in [1.54, 1.807) is 6.07 Å². The minimum absolute atomic E-state index is 0.175. The molecule has 80 valence electrons. The lowest BCUT2D eigenvalue weighted by molar-refractivity contribution is 0.0948. The molecule has 0 radical (unpaired) electrons. The summed E-state index contributed by atoms with van der Waals surface area (Å²) in [6, 6.07) is 5.25. The van der Waals surface area contributed by atoms with Crippen molar-refractivity contribution in [3.05, 3.63) is 20.8 Å². The van der Waals surface area contributed by atoms with Crippen molar-refractivity contribution in [1.29, 1.82) is 5.26 Å². The van der Waals surface area contributed by atoms with E-state index in [1.165, 1.54) is 11.3 Å². The molecule has 1 amide bonds. The van der Waals surface area contributed by atoms with Crippen LogP contribution >= 0.6 is 27.3 Å². The van der Waals surface area contributed by atoms with E-state index in [9.17, 15) is 4.79 Å². The maximum Gasteiger partial charge on any atom is 0.262 e. The van der Waals surface area contributed by atoms with Gasteiger partial charge in [-0.1, -0.05) is 13.3 Å². The largest absolute Gasteiger partial charge is 0.336 e. The molecule has 15 heavy (non-hydrogen) atoms. The lowest BCUT2D eigenvalue weighted by atomic mass is 10.2. The van der Waals surface area contributed by atoms with Crippen molar-refractivity contribution in [2.45, 2.75) is 25.8 Å². The van der Waals surface area contributed by atoms with Gasteiger partial charge < -0.3 is 5.32 Å². The number of nitriles is 1. The minimum Gasteiger partial charge on any atom is -0.336 e. The fourth-order valence-corrected chi connectivity index (χ4v) is 2.41. The number of hydrogen-bond donors (Lipinski definition) is 1.